The summed E-state index contributed by atoms with van der Waals surface area (Å²) in [6.07, 6.45) is 4.72. The zero-order chi connectivity index (χ0) is 14.7. The molecule has 2 heterocycles. The second-order valence-corrected chi connectivity index (χ2v) is 7.88. The Labute approximate surface area is 137 Å². The Balaban J connectivity index is 1.77. The van der Waals surface area contributed by atoms with Crippen molar-refractivity contribution in [3.05, 3.63) is 34.9 Å². The second kappa shape index (κ2) is 6.91. The molecule has 0 aromatic heterocycles. The number of halogens is 1. The van der Waals surface area contributed by atoms with E-state index in [4.69, 9.17) is 16.3 Å². The lowest BCUT2D eigenvalue weighted by Gasteiger charge is -2.45. The molecule has 2 aliphatic rings. The third kappa shape index (κ3) is 3.58. The van der Waals surface area contributed by atoms with E-state index in [1.807, 2.05) is 12.1 Å². The number of nitrogens with one attached hydrogen (secondary N) is 1. The highest BCUT2D eigenvalue weighted by Gasteiger charge is 2.41. The maximum absolute atomic E-state index is 6.22. The van der Waals surface area contributed by atoms with E-state index in [2.05, 4.69) is 36.3 Å². The highest BCUT2D eigenvalue weighted by molar-refractivity contribution is 7.99. The van der Waals surface area contributed by atoms with Gasteiger partial charge in [0.05, 0.1) is 5.60 Å². The second-order valence-electron chi connectivity index (χ2n) is 6.22. The molecule has 2 atom stereocenters. The number of hydrogen-bond donors (Lipinski definition) is 1. The third-order valence-electron chi connectivity index (χ3n) is 4.93. The van der Waals surface area contributed by atoms with E-state index >= 15 is 0 Å². The van der Waals surface area contributed by atoms with Crippen molar-refractivity contribution < 1.29 is 4.74 Å². The van der Waals surface area contributed by atoms with Crippen LogP contribution in [0.15, 0.2) is 24.3 Å². The van der Waals surface area contributed by atoms with Crippen LogP contribution in [0.1, 0.15) is 37.3 Å². The van der Waals surface area contributed by atoms with Crippen LogP contribution in [0.3, 0.4) is 0 Å². The lowest BCUT2D eigenvalue weighted by molar-refractivity contribution is -0.107. The Kier molecular flexibility index (Phi) is 5.15. The molecule has 2 saturated heterocycles. The van der Waals surface area contributed by atoms with Crippen LogP contribution in [0, 0.1) is 5.92 Å². The number of hydrogen-bond acceptors (Lipinski definition) is 3. The Bertz CT molecular complexity index is 470. The van der Waals surface area contributed by atoms with Gasteiger partial charge in [0.15, 0.2) is 0 Å². The summed E-state index contributed by atoms with van der Waals surface area (Å²) in [7, 11) is 2.06. The van der Waals surface area contributed by atoms with Crippen LogP contribution >= 0.6 is 23.4 Å². The first-order valence-corrected chi connectivity index (χ1v) is 9.40. The SMILES string of the molecule is CNC(c1cccc(Cl)c1)C1CCOC2(CCSCC2)C1. The molecule has 0 radical (unpaired) electrons. The first-order valence-electron chi connectivity index (χ1n) is 7.87. The molecule has 0 saturated carbocycles. The molecule has 4 heteroatoms. The monoisotopic (exact) mass is 325 g/mol. The average Bonchev–Trinajstić information content (AvgIpc) is 2.49. The predicted octanol–water partition coefficient (Wildman–Crippen LogP) is 4.29. The summed E-state index contributed by atoms with van der Waals surface area (Å²) >= 11 is 8.23. The van der Waals surface area contributed by atoms with Gasteiger partial charge in [-0.2, -0.15) is 11.8 Å². The molecule has 2 fully saturated rings. The fraction of sp³-hybridized carbons (Fsp3) is 0.647. The van der Waals surface area contributed by atoms with E-state index in [-0.39, 0.29) is 5.60 Å². The van der Waals surface area contributed by atoms with E-state index in [9.17, 15) is 0 Å². The molecule has 1 aromatic rings. The minimum Gasteiger partial charge on any atom is -0.375 e. The highest BCUT2D eigenvalue weighted by atomic mass is 35.5. The largest absolute Gasteiger partial charge is 0.375 e. The summed E-state index contributed by atoms with van der Waals surface area (Å²) < 4.78 is 6.22. The van der Waals surface area contributed by atoms with Crippen LogP contribution in [0.4, 0.5) is 0 Å². The van der Waals surface area contributed by atoms with Gasteiger partial charge in [-0.05, 0) is 67.9 Å². The lowest BCUT2D eigenvalue weighted by Crippen LogP contribution is -2.45. The van der Waals surface area contributed by atoms with Gasteiger partial charge in [-0.15, -0.1) is 0 Å². The molecule has 2 aliphatic heterocycles. The smallest absolute Gasteiger partial charge is 0.0701 e. The van der Waals surface area contributed by atoms with E-state index < -0.39 is 0 Å². The molecule has 3 rings (SSSR count). The van der Waals surface area contributed by atoms with Gasteiger partial charge < -0.3 is 10.1 Å². The summed E-state index contributed by atoms with van der Waals surface area (Å²) in [5.41, 5.74) is 1.44. The molecule has 2 nitrogen and oxygen atoms in total. The topological polar surface area (TPSA) is 21.3 Å². The molecule has 21 heavy (non-hydrogen) atoms. The number of thioether (sulfide) groups is 1. The molecular formula is C17H24ClNOS. The standard InChI is InChI=1S/C17H24ClNOS/c1-19-16(13-3-2-4-15(18)11-13)14-5-8-20-17(12-14)6-9-21-10-7-17/h2-4,11,14,16,19H,5-10,12H2,1H3. The summed E-state index contributed by atoms with van der Waals surface area (Å²) in [6.45, 7) is 0.897. The van der Waals surface area contributed by atoms with Gasteiger partial charge in [-0.3, -0.25) is 0 Å². The molecule has 1 spiro atoms. The summed E-state index contributed by atoms with van der Waals surface area (Å²) in [6, 6.07) is 8.66. The molecule has 0 aliphatic carbocycles. The van der Waals surface area contributed by atoms with Crippen LogP contribution < -0.4 is 5.32 Å². The van der Waals surface area contributed by atoms with E-state index in [0.29, 0.717) is 12.0 Å². The maximum atomic E-state index is 6.22. The van der Waals surface area contributed by atoms with Gasteiger partial charge in [0.25, 0.3) is 0 Å². The molecule has 0 bridgehead atoms. The Morgan fingerprint density at radius 1 is 1.38 bits per heavy atom. The Hall–Kier alpha value is -0.220. The molecule has 1 N–H and O–H groups in total. The van der Waals surface area contributed by atoms with Gasteiger partial charge in [-0.1, -0.05) is 23.7 Å². The lowest BCUT2D eigenvalue weighted by atomic mass is 9.77. The first kappa shape index (κ1) is 15.7. The van der Waals surface area contributed by atoms with Gasteiger partial charge >= 0.3 is 0 Å². The van der Waals surface area contributed by atoms with E-state index in [1.54, 1.807) is 0 Å². The third-order valence-corrected chi connectivity index (χ3v) is 6.15. The van der Waals surface area contributed by atoms with Crippen molar-refractivity contribution in [3.63, 3.8) is 0 Å². The van der Waals surface area contributed by atoms with E-state index in [1.165, 1.54) is 36.3 Å². The maximum Gasteiger partial charge on any atom is 0.0701 e. The Morgan fingerprint density at radius 2 is 2.19 bits per heavy atom. The number of rotatable bonds is 3. The molecular weight excluding hydrogens is 302 g/mol. The van der Waals surface area contributed by atoms with Crippen LogP contribution in [0.5, 0.6) is 0 Å². The summed E-state index contributed by atoms with van der Waals surface area (Å²) in [5.74, 6) is 3.12. The van der Waals surface area contributed by atoms with Crippen LogP contribution in [0.25, 0.3) is 0 Å². The van der Waals surface area contributed by atoms with Crippen LogP contribution in [0.2, 0.25) is 5.02 Å². The molecule has 1 aromatic carbocycles. The van der Waals surface area contributed by atoms with Crippen molar-refractivity contribution in [1.29, 1.82) is 0 Å². The molecule has 2 unspecified atom stereocenters. The quantitative estimate of drug-likeness (QED) is 0.895. The highest BCUT2D eigenvalue weighted by Crippen LogP contribution is 2.43. The normalized spacial score (nSPS) is 26.7. The first-order chi connectivity index (χ1) is 10.2. The fourth-order valence-electron chi connectivity index (χ4n) is 3.82. The minimum atomic E-state index is 0.141. The van der Waals surface area contributed by atoms with Crippen molar-refractivity contribution in [2.24, 2.45) is 5.92 Å². The van der Waals surface area contributed by atoms with Crippen LogP contribution in [-0.2, 0) is 4.74 Å². The molecule has 116 valence electrons. The summed E-state index contributed by atoms with van der Waals surface area (Å²) in [5, 5.41) is 4.34. The fourth-order valence-corrected chi connectivity index (χ4v) is 5.25. The average molecular weight is 326 g/mol. The van der Waals surface area contributed by atoms with Crippen molar-refractivity contribution in [2.75, 3.05) is 25.2 Å². The van der Waals surface area contributed by atoms with E-state index in [0.717, 1.165) is 18.1 Å². The van der Waals surface area contributed by atoms with Gasteiger partial charge in [0.2, 0.25) is 0 Å². The van der Waals surface area contributed by atoms with Crippen molar-refractivity contribution in [2.45, 2.75) is 37.3 Å². The minimum absolute atomic E-state index is 0.141. The summed E-state index contributed by atoms with van der Waals surface area (Å²) in [4.78, 5) is 0. The zero-order valence-electron chi connectivity index (χ0n) is 12.6. The van der Waals surface area contributed by atoms with Gasteiger partial charge in [-0.25, -0.2) is 0 Å². The van der Waals surface area contributed by atoms with Crippen molar-refractivity contribution in [1.82, 2.24) is 5.32 Å². The van der Waals surface area contributed by atoms with Crippen molar-refractivity contribution >= 4 is 23.4 Å². The van der Waals surface area contributed by atoms with Crippen LogP contribution in [-0.4, -0.2) is 30.8 Å². The number of benzene rings is 1. The van der Waals surface area contributed by atoms with Gasteiger partial charge in [0.1, 0.15) is 0 Å². The van der Waals surface area contributed by atoms with Crippen molar-refractivity contribution in [3.8, 4) is 0 Å². The molecule has 0 amide bonds. The number of ether oxygens (including phenoxy) is 1. The predicted molar refractivity (Wildman–Crippen MR) is 91.2 cm³/mol. The van der Waals surface area contributed by atoms with Gasteiger partial charge in [0, 0.05) is 17.7 Å². The Morgan fingerprint density at radius 3 is 2.90 bits per heavy atom. The zero-order valence-corrected chi connectivity index (χ0v) is 14.2.